The van der Waals surface area contributed by atoms with Crippen LogP contribution in [0.5, 0.6) is 0 Å². The standard InChI is InChI=1S/C12H19NO3/c1-12(2,3)16-11(15)13-6-8-4-5-10(14)9(8)7-13/h4-5,8-10,14H,6-7H2,1-3H3/t8-,9+,10-/m0/s1. The molecule has 1 N–H and O–H groups in total. The number of hydrogen-bond donors (Lipinski definition) is 1. The molecule has 2 rings (SSSR count). The highest BCUT2D eigenvalue weighted by Crippen LogP contribution is 2.33. The van der Waals surface area contributed by atoms with Crippen LogP contribution in [-0.2, 0) is 4.74 Å². The molecule has 1 heterocycles. The highest BCUT2D eigenvalue weighted by molar-refractivity contribution is 5.68. The molecule has 90 valence electrons. The molecule has 0 bridgehead atoms. The van der Waals surface area contributed by atoms with Crippen molar-refractivity contribution in [1.29, 1.82) is 0 Å². The normalized spacial score (nSPS) is 33.0. The van der Waals surface area contributed by atoms with Gasteiger partial charge in [0.1, 0.15) is 5.60 Å². The molecule has 2 aliphatic rings. The van der Waals surface area contributed by atoms with Crippen LogP contribution in [0.1, 0.15) is 20.8 Å². The number of ether oxygens (including phenoxy) is 1. The third-order valence-corrected chi connectivity index (χ3v) is 3.06. The molecule has 0 radical (unpaired) electrons. The third kappa shape index (κ3) is 2.21. The molecular formula is C12H19NO3. The summed E-state index contributed by atoms with van der Waals surface area (Å²) in [7, 11) is 0. The van der Waals surface area contributed by atoms with Gasteiger partial charge in [0.25, 0.3) is 0 Å². The van der Waals surface area contributed by atoms with Crippen molar-refractivity contribution in [2.75, 3.05) is 13.1 Å². The number of carbonyl (C=O) groups excluding carboxylic acids is 1. The number of aliphatic hydroxyl groups is 1. The number of likely N-dealkylation sites (tertiary alicyclic amines) is 1. The fraction of sp³-hybridized carbons (Fsp3) is 0.750. The maximum Gasteiger partial charge on any atom is 0.410 e. The van der Waals surface area contributed by atoms with Gasteiger partial charge in [0.15, 0.2) is 0 Å². The summed E-state index contributed by atoms with van der Waals surface area (Å²) < 4.78 is 5.30. The molecule has 0 aromatic carbocycles. The first kappa shape index (κ1) is 11.5. The van der Waals surface area contributed by atoms with E-state index in [1.54, 1.807) is 4.90 Å². The van der Waals surface area contributed by atoms with Crippen LogP contribution in [0.2, 0.25) is 0 Å². The molecule has 0 aromatic heterocycles. The van der Waals surface area contributed by atoms with Crippen LogP contribution in [0.15, 0.2) is 12.2 Å². The van der Waals surface area contributed by atoms with Crippen molar-refractivity contribution in [3.8, 4) is 0 Å². The van der Waals surface area contributed by atoms with Gasteiger partial charge < -0.3 is 14.7 Å². The fourth-order valence-electron chi connectivity index (χ4n) is 2.29. The van der Waals surface area contributed by atoms with E-state index in [1.165, 1.54) is 0 Å². The minimum absolute atomic E-state index is 0.160. The lowest BCUT2D eigenvalue weighted by atomic mass is 9.98. The van der Waals surface area contributed by atoms with E-state index in [4.69, 9.17) is 4.74 Å². The van der Waals surface area contributed by atoms with Crippen LogP contribution < -0.4 is 0 Å². The second kappa shape index (κ2) is 3.77. The predicted octanol–water partition coefficient (Wildman–Crippen LogP) is 1.40. The second-order valence-corrected chi connectivity index (χ2v) is 5.59. The van der Waals surface area contributed by atoms with Gasteiger partial charge in [0, 0.05) is 24.9 Å². The number of carbonyl (C=O) groups is 1. The predicted molar refractivity (Wildman–Crippen MR) is 59.9 cm³/mol. The minimum atomic E-state index is -0.455. The van der Waals surface area contributed by atoms with E-state index in [9.17, 15) is 9.90 Å². The van der Waals surface area contributed by atoms with Gasteiger partial charge in [-0.25, -0.2) is 4.79 Å². The van der Waals surface area contributed by atoms with Crippen LogP contribution in [0, 0.1) is 11.8 Å². The van der Waals surface area contributed by atoms with Crippen molar-refractivity contribution in [3.63, 3.8) is 0 Å². The summed E-state index contributed by atoms with van der Waals surface area (Å²) in [5.74, 6) is 0.454. The molecule has 1 saturated heterocycles. The van der Waals surface area contributed by atoms with Crippen LogP contribution in [0.4, 0.5) is 4.79 Å². The Bertz CT molecular complexity index is 319. The number of nitrogens with zero attached hydrogens (tertiary/aromatic N) is 1. The van der Waals surface area contributed by atoms with Crippen molar-refractivity contribution in [2.24, 2.45) is 11.8 Å². The molecule has 0 aromatic rings. The Balaban J connectivity index is 1.94. The molecule has 1 fully saturated rings. The van der Waals surface area contributed by atoms with Gasteiger partial charge >= 0.3 is 6.09 Å². The van der Waals surface area contributed by atoms with Crippen LogP contribution in [-0.4, -0.2) is 40.9 Å². The van der Waals surface area contributed by atoms with Crippen molar-refractivity contribution in [3.05, 3.63) is 12.2 Å². The van der Waals surface area contributed by atoms with Gasteiger partial charge in [-0.2, -0.15) is 0 Å². The largest absolute Gasteiger partial charge is 0.444 e. The van der Waals surface area contributed by atoms with E-state index < -0.39 is 11.7 Å². The van der Waals surface area contributed by atoms with Gasteiger partial charge in [-0.3, -0.25) is 0 Å². The van der Waals surface area contributed by atoms with Crippen LogP contribution in [0.25, 0.3) is 0 Å². The van der Waals surface area contributed by atoms with E-state index in [0.717, 1.165) is 0 Å². The lowest BCUT2D eigenvalue weighted by Crippen LogP contribution is -2.36. The second-order valence-electron chi connectivity index (χ2n) is 5.59. The molecule has 4 nitrogen and oxygen atoms in total. The van der Waals surface area contributed by atoms with E-state index in [-0.39, 0.29) is 12.0 Å². The first-order valence-corrected chi connectivity index (χ1v) is 5.71. The quantitative estimate of drug-likeness (QED) is 0.634. The van der Waals surface area contributed by atoms with Gasteiger partial charge in [0.2, 0.25) is 0 Å². The molecule has 1 amide bonds. The Kier molecular flexibility index (Phi) is 2.70. The van der Waals surface area contributed by atoms with Gasteiger partial charge in [-0.1, -0.05) is 12.2 Å². The van der Waals surface area contributed by atoms with Gasteiger partial charge in [-0.15, -0.1) is 0 Å². The topological polar surface area (TPSA) is 49.8 Å². The number of hydrogen-bond acceptors (Lipinski definition) is 3. The molecule has 1 aliphatic heterocycles. The summed E-state index contributed by atoms with van der Waals surface area (Å²) in [6, 6.07) is 0. The minimum Gasteiger partial charge on any atom is -0.444 e. The highest BCUT2D eigenvalue weighted by atomic mass is 16.6. The van der Waals surface area contributed by atoms with Crippen molar-refractivity contribution in [2.45, 2.75) is 32.5 Å². The SMILES string of the molecule is CC(C)(C)OC(=O)N1C[C@H]2[C@@H](O)C=C[C@H]2C1. The summed E-state index contributed by atoms with van der Waals surface area (Å²) in [6.45, 7) is 6.82. The summed E-state index contributed by atoms with van der Waals surface area (Å²) in [6.07, 6.45) is 3.14. The number of fused-ring (bicyclic) bond motifs is 1. The van der Waals surface area contributed by atoms with E-state index in [0.29, 0.717) is 19.0 Å². The lowest BCUT2D eigenvalue weighted by Gasteiger charge is -2.24. The van der Waals surface area contributed by atoms with Gasteiger partial charge in [0.05, 0.1) is 6.10 Å². The molecule has 1 aliphatic carbocycles. The Hall–Kier alpha value is -1.03. The van der Waals surface area contributed by atoms with Crippen molar-refractivity contribution in [1.82, 2.24) is 4.90 Å². The van der Waals surface area contributed by atoms with E-state index in [2.05, 4.69) is 0 Å². The molecular weight excluding hydrogens is 206 g/mol. The Labute approximate surface area is 95.9 Å². The summed E-state index contributed by atoms with van der Waals surface area (Å²) >= 11 is 0. The van der Waals surface area contributed by atoms with E-state index >= 15 is 0 Å². The third-order valence-electron chi connectivity index (χ3n) is 3.06. The molecule has 0 unspecified atom stereocenters. The maximum absolute atomic E-state index is 11.8. The monoisotopic (exact) mass is 225 g/mol. The highest BCUT2D eigenvalue weighted by Gasteiger charge is 2.41. The number of rotatable bonds is 0. The van der Waals surface area contributed by atoms with E-state index in [1.807, 2.05) is 32.9 Å². The molecule has 0 spiro atoms. The molecule has 3 atom stereocenters. The number of aliphatic hydroxyl groups excluding tert-OH is 1. The average molecular weight is 225 g/mol. The Morgan fingerprint density at radius 3 is 2.62 bits per heavy atom. The molecule has 4 heteroatoms. The zero-order valence-corrected chi connectivity index (χ0v) is 10.0. The molecule has 0 saturated carbocycles. The van der Waals surface area contributed by atoms with Crippen LogP contribution in [0.3, 0.4) is 0 Å². The van der Waals surface area contributed by atoms with Crippen molar-refractivity contribution < 1.29 is 14.6 Å². The summed E-state index contributed by atoms with van der Waals surface area (Å²) in [5, 5.41) is 9.67. The zero-order valence-electron chi connectivity index (χ0n) is 10.0. The van der Waals surface area contributed by atoms with Crippen LogP contribution >= 0.6 is 0 Å². The first-order valence-electron chi connectivity index (χ1n) is 5.71. The van der Waals surface area contributed by atoms with Crippen molar-refractivity contribution >= 4 is 6.09 Å². The summed E-state index contributed by atoms with van der Waals surface area (Å²) in [4.78, 5) is 13.5. The van der Waals surface area contributed by atoms with Gasteiger partial charge in [-0.05, 0) is 20.8 Å². The average Bonchev–Trinajstić information content (AvgIpc) is 2.65. The maximum atomic E-state index is 11.8. The lowest BCUT2D eigenvalue weighted by molar-refractivity contribution is 0.0275. The Morgan fingerprint density at radius 1 is 1.38 bits per heavy atom. The molecule has 16 heavy (non-hydrogen) atoms. The fourth-order valence-corrected chi connectivity index (χ4v) is 2.29. The Morgan fingerprint density at radius 2 is 2.06 bits per heavy atom. The first-order chi connectivity index (χ1) is 7.37. The smallest absolute Gasteiger partial charge is 0.410 e. The zero-order chi connectivity index (χ0) is 11.9. The summed E-state index contributed by atoms with van der Waals surface area (Å²) in [5.41, 5.74) is -0.455. The number of amides is 1.